The molecule has 24 heavy (non-hydrogen) atoms. The lowest BCUT2D eigenvalue weighted by molar-refractivity contribution is 0.0946. The van der Waals surface area contributed by atoms with Crippen LogP contribution in [0.5, 0.6) is 5.75 Å². The third kappa shape index (κ3) is 3.44. The number of rotatable bonds is 5. The summed E-state index contributed by atoms with van der Waals surface area (Å²) in [6.07, 6.45) is 3.30. The lowest BCUT2D eigenvalue weighted by Gasteiger charge is -2.20. The number of para-hydroxylation sites is 1. The fourth-order valence-corrected chi connectivity index (χ4v) is 3.11. The molecule has 0 unspecified atom stereocenters. The van der Waals surface area contributed by atoms with Gasteiger partial charge in [-0.1, -0.05) is 24.3 Å². The average molecular weight is 339 g/mol. The smallest absolute Gasteiger partial charge is 0.263 e. The molecule has 5 nitrogen and oxygen atoms in total. The van der Waals surface area contributed by atoms with E-state index in [0.29, 0.717) is 10.6 Å². The molecular formula is C18H17N3O2S. The van der Waals surface area contributed by atoms with Crippen molar-refractivity contribution in [3.05, 3.63) is 76.0 Å². The summed E-state index contributed by atoms with van der Waals surface area (Å²) in [5, 5.41) is 3.90. The van der Waals surface area contributed by atoms with Gasteiger partial charge in [0.2, 0.25) is 0 Å². The first-order chi connectivity index (χ1) is 11.7. The van der Waals surface area contributed by atoms with E-state index in [-0.39, 0.29) is 5.91 Å². The highest BCUT2D eigenvalue weighted by Gasteiger charge is 2.22. The molecule has 122 valence electrons. The first kappa shape index (κ1) is 16.1. The van der Waals surface area contributed by atoms with E-state index in [9.17, 15) is 4.79 Å². The molecule has 6 heteroatoms. The van der Waals surface area contributed by atoms with Crippen LogP contribution in [0.15, 0.2) is 54.9 Å². The molecule has 2 heterocycles. The summed E-state index contributed by atoms with van der Waals surface area (Å²) in [4.78, 5) is 21.7. The molecule has 0 aliphatic rings. The number of aryl methyl sites for hydroxylation is 1. The van der Waals surface area contributed by atoms with Crippen molar-refractivity contribution < 1.29 is 9.53 Å². The number of benzene rings is 1. The van der Waals surface area contributed by atoms with Crippen LogP contribution in [-0.2, 0) is 0 Å². The van der Waals surface area contributed by atoms with E-state index in [1.807, 2.05) is 49.4 Å². The number of amides is 1. The van der Waals surface area contributed by atoms with Gasteiger partial charge in [0.15, 0.2) is 0 Å². The van der Waals surface area contributed by atoms with Gasteiger partial charge in [-0.25, -0.2) is 4.98 Å². The molecule has 1 amide bonds. The molecule has 1 aromatic carbocycles. The van der Waals surface area contributed by atoms with Crippen molar-refractivity contribution in [2.45, 2.75) is 13.0 Å². The number of carbonyl (C=O) groups is 1. The minimum absolute atomic E-state index is 0.179. The van der Waals surface area contributed by atoms with Crippen molar-refractivity contribution in [3.8, 4) is 5.75 Å². The van der Waals surface area contributed by atoms with E-state index in [4.69, 9.17) is 4.74 Å². The molecular weight excluding hydrogens is 322 g/mol. The second-order valence-corrected chi connectivity index (χ2v) is 6.38. The Kier molecular flexibility index (Phi) is 4.86. The van der Waals surface area contributed by atoms with Gasteiger partial charge >= 0.3 is 0 Å². The van der Waals surface area contributed by atoms with Crippen molar-refractivity contribution >= 4 is 17.2 Å². The SMILES string of the molecule is COc1ccccc1[C@@H](NC(=O)c1cnc(C)s1)c1ccccn1. The molecule has 0 radical (unpaired) electrons. The van der Waals surface area contributed by atoms with E-state index in [0.717, 1.165) is 16.3 Å². The molecule has 0 bridgehead atoms. The van der Waals surface area contributed by atoms with Gasteiger partial charge in [0.1, 0.15) is 16.7 Å². The number of nitrogens with one attached hydrogen (secondary N) is 1. The molecule has 3 rings (SSSR count). The number of ether oxygens (including phenoxy) is 1. The lowest BCUT2D eigenvalue weighted by Crippen LogP contribution is -2.29. The summed E-state index contributed by atoms with van der Waals surface area (Å²) >= 11 is 1.36. The van der Waals surface area contributed by atoms with Crippen LogP contribution in [0, 0.1) is 6.92 Å². The minimum Gasteiger partial charge on any atom is -0.496 e. The van der Waals surface area contributed by atoms with Gasteiger partial charge in [-0.2, -0.15) is 0 Å². The first-order valence-electron chi connectivity index (χ1n) is 7.46. The van der Waals surface area contributed by atoms with Crippen molar-refractivity contribution in [3.63, 3.8) is 0 Å². The minimum atomic E-state index is -0.405. The summed E-state index contributed by atoms with van der Waals surface area (Å²) in [5.41, 5.74) is 1.60. The number of hydrogen-bond donors (Lipinski definition) is 1. The highest BCUT2D eigenvalue weighted by molar-refractivity contribution is 7.13. The predicted octanol–water partition coefficient (Wildman–Crippen LogP) is 3.37. The summed E-state index contributed by atoms with van der Waals surface area (Å²) in [7, 11) is 1.61. The summed E-state index contributed by atoms with van der Waals surface area (Å²) in [6, 6.07) is 12.8. The molecule has 1 N–H and O–H groups in total. The molecule has 0 aliphatic carbocycles. The number of nitrogens with zero attached hydrogens (tertiary/aromatic N) is 2. The fourth-order valence-electron chi connectivity index (χ4n) is 2.43. The van der Waals surface area contributed by atoms with Crippen LogP contribution in [-0.4, -0.2) is 23.0 Å². The third-order valence-corrected chi connectivity index (χ3v) is 4.47. The van der Waals surface area contributed by atoms with Crippen molar-refractivity contribution in [1.29, 1.82) is 0 Å². The summed E-state index contributed by atoms with van der Waals surface area (Å²) < 4.78 is 5.45. The first-order valence-corrected chi connectivity index (χ1v) is 8.28. The monoisotopic (exact) mass is 339 g/mol. The Hall–Kier alpha value is -2.73. The van der Waals surface area contributed by atoms with Gasteiger partial charge in [-0.3, -0.25) is 9.78 Å². The van der Waals surface area contributed by atoms with E-state index < -0.39 is 6.04 Å². The Labute approximate surface area is 144 Å². The van der Waals surface area contributed by atoms with E-state index in [1.54, 1.807) is 19.5 Å². The number of hydrogen-bond acceptors (Lipinski definition) is 5. The maximum atomic E-state index is 12.6. The fraction of sp³-hybridized carbons (Fsp3) is 0.167. The van der Waals surface area contributed by atoms with Crippen LogP contribution < -0.4 is 10.1 Å². The van der Waals surface area contributed by atoms with Crippen LogP contribution in [0.25, 0.3) is 0 Å². The van der Waals surface area contributed by atoms with Gasteiger partial charge < -0.3 is 10.1 Å². The number of thiazole rings is 1. The average Bonchev–Trinajstić information content (AvgIpc) is 3.07. The second-order valence-electron chi connectivity index (χ2n) is 5.15. The molecule has 2 aromatic heterocycles. The van der Waals surface area contributed by atoms with Gasteiger partial charge in [-0.05, 0) is 25.1 Å². The largest absolute Gasteiger partial charge is 0.496 e. The Bertz CT molecular complexity index is 833. The Balaban J connectivity index is 1.98. The van der Waals surface area contributed by atoms with E-state index >= 15 is 0 Å². The number of pyridine rings is 1. The third-order valence-electron chi connectivity index (χ3n) is 3.55. The van der Waals surface area contributed by atoms with Crippen LogP contribution in [0.1, 0.15) is 32.0 Å². The normalized spacial score (nSPS) is 11.8. The highest BCUT2D eigenvalue weighted by Crippen LogP contribution is 2.29. The van der Waals surface area contributed by atoms with E-state index in [1.165, 1.54) is 11.3 Å². The molecule has 0 spiro atoms. The molecule has 0 fully saturated rings. The zero-order valence-corrected chi connectivity index (χ0v) is 14.2. The Morgan fingerprint density at radius 3 is 2.62 bits per heavy atom. The van der Waals surface area contributed by atoms with Crippen LogP contribution in [0.4, 0.5) is 0 Å². The lowest BCUT2D eigenvalue weighted by atomic mass is 10.0. The van der Waals surface area contributed by atoms with E-state index in [2.05, 4.69) is 15.3 Å². The highest BCUT2D eigenvalue weighted by atomic mass is 32.1. The molecule has 1 atom stereocenters. The van der Waals surface area contributed by atoms with Gasteiger partial charge in [0.25, 0.3) is 5.91 Å². The molecule has 3 aromatic rings. The molecule has 0 saturated carbocycles. The maximum Gasteiger partial charge on any atom is 0.263 e. The molecule has 0 saturated heterocycles. The predicted molar refractivity (Wildman–Crippen MR) is 93.4 cm³/mol. The van der Waals surface area contributed by atoms with Crippen LogP contribution >= 0.6 is 11.3 Å². The standard InChI is InChI=1S/C18H17N3O2S/c1-12-20-11-16(24-12)18(22)21-17(14-8-5-6-10-19-14)13-7-3-4-9-15(13)23-2/h3-11,17H,1-2H3,(H,21,22)/t17-/m1/s1. The summed E-state index contributed by atoms with van der Waals surface area (Å²) in [5.74, 6) is 0.524. The topological polar surface area (TPSA) is 64.1 Å². The quantitative estimate of drug-likeness (QED) is 0.774. The van der Waals surface area contributed by atoms with Gasteiger partial charge in [0.05, 0.1) is 24.0 Å². The van der Waals surface area contributed by atoms with Gasteiger partial charge in [-0.15, -0.1) is 11.3 Å². The van der Waals surface area contributed by atoms with Crippen LogP contribution in [0.3, 0.4) is 0 Å². The Morgan fingerprint density at radius 1 is 1.17 bits per heavy atom. The van der Waals surface area contributed by atoms with Crippen molar-refractivity contribution in [1.82, 2.24) is 15.3 Å². The van der Waals surface area contributed by atoms with Gasteiger partial charge in [0, 0.05) is 11.8 Å². The maximum absolute atomic E-state index is 12.6. The number of aromatic nitrogens is 2. The van der Waals surface area contributed by atoms with Crippen molar-refractivity contribution in [2.24, 2.45) is 0 Å². The zero-order chi connectivity index (χ0) is 16.9. The van der Waals surface area contributed by atoms with Crippen molar-refractivity contribution in [2.75, 3.05) is 7.11 Å². The Morgan fingerprint density at radius 2 is 1.96 bits per heavy atom. The molecule has 0 aliphatic heterocycles. The second kappa shape index (κ2) is 7.23. The number of carbonyl (C=O) groups excluding carboxylic acids is 1. The summed E-state index contributed by atoms with van der Waals surface area (Å²) in [6.45, 7) is 1.87. The zero-order valence-electron chi connectivity index (χ0n) is 13.4. The van der Waals surface area contributed by atoms with Crippen LogP contribution in [0.2, 0.25) is 0 Å². The number of methoxy groups -OCH3 is 1.